The van der Waals surface area contributed by atoms with E-state index in [0.29, 0.717) is 35.7 Å². The quantitative estimate of drug-likeness (QED) is 0.760. The fourth-order valence-electron chi connectivity index (χ4n) is 3.52. The van der Waals surface area contributed by atoms with Crippen LogP contribution in [0.4, 0.5) is 13.2 Å². The Morgan fingerprint density at radius 2 is 1.97 bits per heavy atom. The van der Waals surface area contributed by atoms with Crippen LogP contribution >= 0.6 is 0 Å². The molecule has 8 heteroatoms. The first kappa shape index (κ1) is 19.6. The highest BCUT2D eigenvalue weighted by atomic mass is 19.4. The summed E-state index contributed by atoms with van der Waals surface area (Å²) in [7, 11) is 0. The first-order valence-corrected chi connectivity index (χ1v) is 9.37. The zero-order valence-corrected chi connectivity index (χ0v) is 15.6. The van der Waals surface area contributed by atoms with Gasteiger partial charge in [-0.3, -0.25) is 4.79 Å². The van der Waals surface area contributed by atoms with Crippen molar-refractivity contribution in [2.75, 3.05) is 19.9 Å². The van der Waals surface area contributed by atoms with Crippen LogP contribution in [0.25, 0.3) is 0 Å². The first-order valence-electron chi connectivity index (χ1n) is 9.37. The van der Waals surface area contributed by atoms with Crippen LogP contribution in [0.3, 0.4) is 0 Å². The van der Waals surface area contributed by atoms with Crippen LogP contribution in [0, 0.1) is 0 Å². The van der Waals surface area contributed by atoms with Crippen molar-refractivity contribution < 1.29 is 32.2 Å². The number of halogens is 3. The van der Waals surface area contributed by atoms with E-state index in [9.17, 15) is 18.0 Å². The van der Waals surface area contributed by atoms with Crippen molar-refractivity contribution in [2.24, 2.45) is 0 Å². The maximum absolute atomic E-state index is 12.8. The van der Waals surface area contributed by atoms with Gasteiger partial charge in [0.05, 0.1) is 18.3 Å². The number of rotatable bonds is 4. The molecule has 29 heavy (non-hydrogen) atoms. The van der Waals surface area contributed by atoms with E-state index < -0.39 is 11.7 Å². The van der Waals surface area contributed by atoms with Crippen molar-refractivity contribution in [2.45, 2.75) is 31.7 Å². The first-order chi connectivity index (χ1) is 13.9. The Kier molecular flexibility index (Phi) is 5.36. The summed E-state index contributed by atoms with van der Waals surface area (Å²) in [6.07, 6.45) is -3.08. The van der Waals surface area contributed by atoms with Gasteiger partial charge in [-0.1, -0.05) is 12.1 Å². The number of hydrogen-bond acceptors (Lipinski definition) is 4. The number of amides is 1. The number of nitrogens with zero attached hydrogens (tertiary/aromatic N) is 1. The van der Waals surface area contributed by atoms with Gasteiger partial charge in [-0.15, -0.1) is 0 Å². The third-order valence-electron chi connectivity index (χ3n) is 5.02. The minimum Gasteiger partial charge on any atom is -0.454 e. The van der Waals surface area contributed by atoms with Gasteiger partial charge in [-0.2, -0.15) is 13.2 Å². The summed E-state index contributed by atoms with van der Waals surface area (Å²) >= 11 is 0. The van der Waals surface area contributed by atoms with E-state index in [1.165, 1.54) is 6.07 Å². The topological polar surface area (TPSA) is 48.0 Å². The molecule has 2 aliphatic rings. The van der Waals surface area contributed by atoms with E-state index >= 15 is 0 Å². The minimum absolute atomic E-state index is 0.0701. The molecular formula is C21H20F3NO4. The third-order valence-corrected chi connectivity index (χ3v) is 5.02. The summed E-state index contributed by atoms with van der Waals surface area (Å²) in [5.41, 5.74) is 0.272. The fourth-order valence-corrected chi connectivity index (χ4v) is 3.52. The summed E-state index contributed by atoms with van der Waals surface area (Å²) < 4.78 is 54.9. The maximum Gasteiger partial charge on any atom is 0.416 e. The van der Waals surface area contributed by atoms with Crippen LogP contribution in [-0.2, 0) is 17.5 Å². The summed E-state index contributed by atoms with van der Waals surface area (Å²) in [5, 5.41) is 0. The summed E-state index contributed by atoms with van der Waals surface area (Å²) in [5.74, 6) is 1.03. The molecule has 1 atom stereocenters. The van der Waals surface area contributed by atoms with Crippen LogP contribution in [-0.4, -0.2) is 36.8 Å². The van der Waals surface area contributed by atoms with Crippen LogP contribution < -0.4 is 9.47 Å². The van der Waals surface area contributed by atoms with E-state index in [0.717, 1.165) is 25.0 Å². The molecule has 0 N–H and O–H groups in total. The van der Waals surface area contributed by atoms with E-state index in [4.69, 9.17) is 14.2 Å². The zero-order chi connectivity index (χ0) is 20.4. The van der Waals surface area contributed by atoms with Gasteiger partial charge in [-0.25, -0.2) is 0 Å². The average molecular weight is 407 g/mol. The molecule has 0 spiro atoms. The zero-order valence-electron chi connectivity index (χ0n) is 15.6. The van der Waals surface area contributed by atoms with Crippen LogP contribution in [0.15, 0.2) is 42.5 Å². The van der Waals surface area contributed by atoms with Crippen LogP contribution in [0.2, 0.25) is 0 Å². The molecule has 0 aromatic heterocycles. The second-order valence-corrected chi connectivity index (χ2v) is 7.09. The molecule has 2 heterocycles. The predicted molar refractivity (Wildman–Crippen MR) is 97.7 cm³/mol. The van der Waals surface area contributed by atoms with Gasteiger partial charge >= 0.3 is 6.18 Å². The molecular weight excluding hydrogens is 387 g/mol. The summed E-state index contributed by atoms with van der Waals surface area (Å²) in [6, 6.07) is 10.2. The lowest BCUT2D eigenvalue weighted by Crippen LogP contribution is -2.43. The SMILES string of the molecule is O=C(c1ccc2c(c1)OCO2)N1CCCC(OCc2cccc(C(F)(F)F)c2)C1. The number of alkyl halides is 3. The number of benzene rings is 2. The van der Waals surface area contributed by atoms with Gasteiger partial charge in [0.2, 0.25) is 6.79 Å². The van der Waals surface area contributed by atoms with Crippen molar-refractivity contribution in [3.05, 3.63) is 59.2 Å². The van der Waals surface area contributed by atoms with Gasteiger partial charge in [0.25, 0.3) is 5.91 Å². The third kappa shape index (κ3) is 4.48. The Hall–Kier alpha value is -2.74. The summed E-state index contributed by atoms with van der Waals surface area (Å²) in [6.45, 7) is 1.21. The second kappa shape index (κ2) is 7.94. The molecule has 154 valence electrons. The molecule has 2 aliphatic heterocycles. The number of piperidine rings is 1. The second-order valence-electron chi connectivity index (χ2n) is 7.09. The normalized spacial score (nSPS) is 18.7. The monoisotopic (exact) mass is 407 g/mol. The lowest BCUT2D eigenvalue weighted by atomic mass is 10.1. The van der Waals surface area contributed by atoms with Gasteiger partial charge < -0.3 is 19.1 Å². The smallest absolute Gasteiger partial charge is 0.416 e. The molecule has 1 unspecified atom stereocenters. The molecule has 0 aliphatic carbocycles. The van der Waals surface area contributed by atoms with Gasteiger partial charge in [0, 0.05) is 18.7 Å². The van der Waals surface area contributed by atoms with E-state index in [1.807, 2.05) is 0 Å². The number of carbonyl (C=O) groups is 1. The van der Waals surface area contributed by atoms with Crippen LogP contribution in [0.5, 0.6) is 11.5 Å². The molecule has 0 radical (unpaired) electrons. The molecule has 2 aromatic rings. The standard InChI is InChI=1S/C21H20F3NO4/c22-21(23,24)16-4-1-3-14(9-16)12-27-17-5-2-8-25(11-17)20(26)15-6-7-18-19(10-15)29-13-28-18/h1,3-4,6-7,9-10,17H,2,5,8,11-13H2. The number of carbonyl (C=O) groups excluding carboxylic acids is 1. The highest BCUT2D eigenvalue weighted by molar-refractivity contribution is 5.95. The fraction of sp³-hybridized carbons (Fsp3) is 0.381. The largest absolute Gasteiger partial charge is 0.454 e. The Bertz CT molecular complexity index is 900. The van der Waals surface area contributed by atoms with Crippen molar-refractivity contribution in [3.8, 4) is 11.5 Å². The van der Waals surface area contributed by atoms with Crippen molar-refractivity contribution in [1.82, 2.24) is 4.90 Å². The molecule has 2 aromatic carbocycles. The van der Waals surface area contributed by atoms with E-state index in [2.05, 4.69) is 0 Å². The molecule has 5 nitrogen and oxygen atoms in total. The van der Waals surface area contributed by atoms with Gasteiger partial charge in [0.1, 0.15) is 0 Å². The Balaban J connectivity index is 1.37. The highest BCUT2D eigenvalue weighted by Crippen LogP contribution is 2.33. The van der Waals surface area contributed by atoms with Crippen molar-refractivity contribution >= 4 is 5.91 Å². The molecule has 1 saturated heterocycles. The summed E-state index contributed by atoms with van der Waals surface area (Å²) in [4.78, 5) is 14.5. The molecule has 0 bridgehead atoms. The number of fused-ring (bicyclic) bond motifs is 1. The van der Waals surface area contributed by atoms with Gasteiger partial charge in [-0.05, 0) is 48.7 Å². The highest BCUT2D eigenvalue weighted by Gasteiger charge is 2.31. The van der Waals surface area contributed by atoms with Crippen LogP contribution in [0.1, 0.15) is 34.3 Å². The number of hydrogen-bond donors (Lipinski definition) is 0. The number of likely N-dealkylation sites (tertiary alicyclic amines) is 1. The Morgan fingerprint density at radius 3 is 2.79 bits per heavy atom. The van der Waals surface area contributed by atoms with Crippen molar-refractivity contribution in [3.63, 3.8) is 0 Å². The minimum atomic E-state index is -4.38. The molecule has 1 amide bonds. The number of ether oxygens (including phenoxy) is 3. The predicted octanol–water partition coefficient (Wildman–Crippen LogP) is 4.26. The molecule has 0 saturated carbocycles. The Labute approximate surface area is 166 Å². The average Bonchev–Trinajstić information content (AvgIpc) is 3.19. The lowest BCUT2D eigenvalue weighted by molar-refractivity contribution is -0.137. The van der Waals surface area contributed by atoms with E-state index in [-0.39, 0.29) is 25.4 Å². The molecule has 1 fully saturated rings. The lowest BCUT2D eigenvalue weighted by Gasteiger charge is -2.32. The Morgan fingerprint density at radius 1 is 1.14 bits per heavy atom. The van der Waals surface area contributed by atoms with Crippen molar-refractivity contribution in [1.29, 1.82) is 0 Å². The van der Waals surface area contributed by atoms with E-state index in [1.54, 1.807) is 29.2 Å². The van der Waals surface area contributed by atoms with Gasteiger partial charge in [0.15, 0.2) is 11.5 Å². The molecule has 4 rings (SSSR count). The maximum atomic E-state index is 12.8.